The van der Waals surface area contributed by atoms with Crippen molar-refractivity contribution in [2.24, 2.45) is 0 Å². The Bertz CT molecular complexity index is 566. The summed E-state index contributed by atoms with van der Waals surface area (Å²) in [6.45, 7) is 0.764. The van der Waals surface area contributed by atoms with Gasteiger partial charge in [-0.1, -0.05) is 12.1 Å². The van der Waals surface area contributed by atoms with Crippen molar-refractivity contribution in [3.05, 3.63) is 29.8 Å². The first-order valence-corrected chi connectivity index (χ1v) is 7.62. The fourth-order valence-electron chi connectivity index (χ4n) is 2.71. The quantitative estimate of drug-likeness (QED) is 0.800. The van der Waals surface area contributed by atoms with Crippen molar-refractivity contribution in [2.75, 3.05) is 33.9 Å². The van der Waals surface area contributed by atoms with Crippen LogP contribution in [-0.2, 0) is 15.7 Å². The van der Waals surface area contributed by atoms with Crippen LogP contribution in [0.25, 0.3) is 0 Å². The van der Waals surface area contributed by atoms with E-state index in [-0.39, 0.29) is 37.0 Å². The van der Waals surface area contributed by atoms with E-state index in [1.807, 2.05) is 11.9 Å². The molecule has 8 heteroatoms. The van der Waals surface area contributed by atoms with Crippen molar-refractivity contribution in [3.8, 4) is 5.75 Å². The number of para-hydroxylation sites is 1. The lowest BCUT2D eigenvalue weighted by molar-refractivity contribution is -0.139. The van der Waals surface area contributed by atoms with Gasteiger partial charge < -0.3 is 14.8 Å². The zero-order valence-corrected chi connectivity index (χ0v) is 13.6. The Morgan fingerprint density at radius 2 is 2.08 bits per heavy atom. The van der Waals surface area contributed by atoms with Crippen LogP contribution in [0.1, 0.15) is 12.0 Å². The van der Waals surface area contributed by atoms with Gasteiger partial charge in [-0.2, -0.15) is 13.2 Å². The summed E-state index contributed by atoms with van der Waals surface area (Å²) in [5, 5.41) is 2.69. The van der Waals surface area contributed by atoms with Crippen LogP contribution in [0.2, 0.25) is 0 Å². The van der Waals surface area contributed by atoms with Crippen molar-refractivity contribution in [1.29, 1.82) is 0 Å². The lowest BCUT2D eigenvalue weighted by Crippen LogP contribution is -2.42. The van der Waals surface area contributed by atoms with Gasteiger partial charge in [0.1, 0.15) is 12.4 Å². The molecule has 5 nitrogen and oxygen atoms in total. The molecule has 2 atom stereocenters. The second-order valence-electron chi connectivity index (χ2n) is 5.68. The number of carbonyl (C=O) groups is 1. The first kappa shape index (κ1) is 18.5. The molecule has 0 aromatic heterocycles. The van der Waals surface area contributed by atoms with Crippen molar-refractivity contribution < 1.29 is 27.4 Å². The minimum absolute atomic E-state index is 0.0145. The van der Waals surface area contributed by atoms with Crippen LogP contribution in [0.15, 0.2) is 24.3 Å². The lowest BCUT2D eigenvalue weighted by Gasteiger charge is -2.18. The van der Waals surface area contributed by atoms with E-state index in [1.165, 1.54) is 18.2 Å². The second-order valence-corrected chi connectivity index (χ2v) is 5.68. The Morgan fingerprint density at radius 1 is 1.38 bits per heavy atom. The Labute approximate surface area is 138 Å². The fraction of sp³-hybridized carbons (Fsp3) is 0.562. The summed E-state index contributed by atoms with van der Waals surface area (Å²) in [7, 11) is 3.43. The third-order valence-corrected chi connectivity index (χ3v) is 4.00. The number of hydrogen-bond donors (Lipinski definition) is 1. The summed E-state index contributed by atoms with van der Waals surface area (Å²) in [5.74, 6) is -0.415. The van der Waals surface area contributed by atoms with Gasteiger partial charge in [-0.05, 0) is 25.6 Å². The molecule has 1 fully saturated rings. The number of likely N-dealkylation sites (N-methyl/N-ethyl adjacent to an activating group) is 1. The number of carbonyl (C=O) groups excluding carboxylic acids is 1. The number of halogens is 3. The van der Waals surface area contributed by atoms with Crippen LogP contribution < -0.4 is 10.1 Å². The highest BCUT2D eigenvalue weighted by atomic mass is 19.4. The number of amides is 1. The number of nitrogens with one attached hydrogen (secondary N) is 1. The fourth-order valence-corrected chi connectivity index (χ4v) is 2.71. The summed E-state index contributed by atoms with van der Waals surface area (Å²) in [4.78, 5) is 14.0. The Kier molecular flexibility index (Phi) is 6.06. The van der Waals surface area contributed by atoms with Crippen LogP contribution in [0.4, 0.5) is 13.2 Å². The van der Waals surface area contributed by atoms with Gasteiger partial charge in [0.05, 0.1) is 24.3 Å². The molecule has 1 aromatic carbocycles. The molecule has 0 unspecified atom stereocenters. The monoisotopic (exact) mass is 346 g/mol. The van der Waals surface area contributed by atoms with Gasteiger partial charge in [-0.25, -0.2) is 0 Å². The number of hydrogen-bond acceptors (Lipinski definition) is 4. The molecule has 134 valence electrons. The number of benzene rings is 1. The highest BCUT2D eigenvalue weighted by molar-refractivity contribution is 5.82. The van der Waals surface area contributed by atoms with Crippen molar-refractivity contribution in [3.63, 3.8) is 0 Å². The molecular formula is C16H21F3N2O3. The van der Waals surface area contributed by atoms with E-state index >= 15 is 0 Å². The zero-order chi connectivity index (χ0) is 17.7. The third kappa shape index (κ3) is 4.61. The molecule has 0 bridgehead atoms. The first-order valence-electron chi connectivity index (χ1n) is 7.62. The van der Waals surface area contributed by atoms with Gasteiger partial charge in [-0.15, -0.1) is 0 Å². The van der Waals surface area contributed by atoms with Crippen LogP contribution in [0.5, 0.6) is 5.75 Å². The highest BCUT2D eigenvalue weighted by Gasteiger charge is 2.35. The molecular weight excluding hydrogens is 325 g/mol. The normalized spacial score (nSPS) is 21.7. The maximum Gasteiger partial charge on any atom is 0.419 e. The van der Waals surface area contributed by atoms with E-state index in [2.05, 4.69) is 5.32 Å². The minimum atomic E-state index is -4.47. The minimum Gasteiger partial charge on any atom is -0.491 e. The zero-order valence-electron chi connectivity index (χ0n) is 13.6. The number of likely N-dealkylation sites (tertiary alicyclic amines) is 1. The first-order chi connectivity index (χ1) is 11.3. The van der Waals surface area contributed by atoms with Crippen molar-refractivity contribution in [2.45, 2.75) is 24.7 Å². The summed E-state index contributed by atoms with van der Waals surface area (Å²) >= 11 is 0. The third-order valence-electron chi connectivity index (χ3n) is 4.00. The molecule has 0 spiro atoms. The number of alkyl halides is 3. The van der Waals surface area contributed by atoms with Crippen LogP contribution in [0.3, 0.4) is 0 Å². The number of methoxy groups -OCH3 is 1. The predicted octanol–water partition coefficient (Wildman–Crippen LogP) is 1.92. The molecule has 0 saturated carbocycles. The summed E-state index contributed by atoms with van der Waals surface area (Å²) in [5.41, 5.74) is -0.824. The molecule has 1 saturated heterocycles. The van der Waals surface area contributed by atoms with Gasteiger partial charge >= 0.3 is 6.18 Å². The molecule has 24 heavy (non-hydrogen) atoms. The van der Waals surface area contributed by atoms with Gasteiger partial charge in [0.25, 0.3) is 0 Å². The van der Waals surface area contributed by atoms with Crippen molar-refractivity contribution in [1.82, 2.24) is 10.2 Å². The van der Waals surface area contributed by atoms with E-state index in [4.69, 9.17) is 9.47 Å². The maximum atomic E-state index is 12.8. The van der Waals surface area contributed by atoms with Gasteiger partial charge in [0.2, 0.25) is 5.91 Å². The second kappa shape index (κ2) is 7.85. The number of rotatable bonds is 6. The van der Waals surface area contributed by atoms with E-state index in [0.717, 1.165) is 6.07 Å². The SMILES string of the molecule is CO[C@H]1C[C@@H](C(=O)NCCOc2ccccc2C(F)(F)F)N(C)C1. The molecule has 1 aliphatic heterocycles. The molecule has 2 rings (SSSR count). The van der Waals surface area contributed by atoms with Crippen LogP contribution in [0, 0.1) is 0 Å². The Hall–Kier alpha value is -1.80. The number of ether oxygens (including phenoxy) is 2. The van der Waals surface area contributed by atoms with E-state index in [1.54, 1.807) is 7.11 Å². The molecule has 1 N–H and O–H groups in total. The largest absolute Gasteiger partial charge is 0.491 e. The number of nitrogens with zero attached hydrogens (tertiary/aromatic N) is 1. The smallest absolute Gasteiger partial charge is 0.419 e. The maximum absolute atomic E-state index is 12.8. The summed E-state index contributed by atoms with van der Waals surface area (Å²) < 4.78 is 48.9. The summed E-state index contributed by atoms with van der Waals surface area (Å²) in [6, 6.07) is 4.71. The molecule has 0 aliphatic carbocycles. The average Bonchev–Trinajstić information content (AvgIpc) is 2.92. The van der Waals surface area contributed by atoms with Crippen LogP contribution >= 0.6 is 0 Å². The van der Waals surface area contributed by atoms with E-state index < -0.39 is 11.7 Å². The average molecular weight is 346 g/mol. The van der Waals surface area contributed by atoms with Gasteiger partial charge in [0.15, 0.2) is 0 Å². The van der Waals surface area contributed by atoms with Crippen molar-refractivity contribution >= 4 is 5.91 Å². The molecule has 1 heterocycles. The standard InChI is InChI=1S/C16H21F3N2O3/c1-21-10-11(23-2)9-13(21)15(22)20-7-8-24-14-6-4-3-5-12(14)16(17,18)19/h3-6,11,13H,7-10H2,1-2H3,(H,20,22)/t11-,13-/m0/s1. The van der Waals surface area contributed by atoms with Gasteiger partial charge in [-0.3, -0.25) is 9.69 Å². The molecule has 1 amide bonds. The lowest BCUT2D eigenvalue weighted by atomic mass is 10.2. The molecule has 0 radical (unpaired) electrons. The topological polar surface area (TPSA) is 50.8 Å². The Balaban J connectivity index is 1.81. The van der Waals surface area contributed by atoms with Gasteiger partial charge in [0, 0.05) is 13.7 Å². The predicted molar refractivity (Wildman–Crippen MR) is 81.8 cm³/mol. The van der Waals surface area contributed by atoms with Crippen LogP contribution in [-0.4, -0.2) is 56.8 Å². The summed E-state index contributed by atoms with van der Waals surface area (Å²) in [6.07, 6.45) is -3.86. The Morgan fingerprint density at radius 3 is 2.71 bits per heavy atom. The highest BCUT2D eigenvalue weighted by Crippen LogP contribution is 2.35. The molecule has 1 aromatic rings. The molecule has 1 aliphatic rings. The van der Waals surface area contributed by atoms with E-state index in [0.29, 0.717) is 13.0 Å². The van der Waals surface area contributed by atoms with E-state index in [9.17, 15) is 18.0 Å².